The summed E-state index contributed by atoms with van der Waals surface area (Å²) >= 11 is 0. The Bertz CT molecular complexity index is 928. The first-order valence-electron chi connectivity index (χ1n) is 8.45. The number of para-hydroxylation sites is 1. The fourth-order valence-electron chi connectivity index (χ4n) is 2.86. The smallest absolute Gasteiger partial charge is 0.319 e. The molecule has 2 N–H and O–H groups in total. The van der Waals surface area contributed by atoms with Crippen molar-refractivity contribution in [3.05, 3.63) is 59.9 Å². The molecule has 2 aromatic carbocycles. The molecule has 1 aliphatic carbocycles. The number of hydrogen-bond donors (Lipinski definition) is 2. The van der Waals surface area contributed by atoms with Gasteiger partial charge in [0.2, 0.25) is 0 Å². The zero-order valence-corrected chi connectivity index (χ0v) is 15.4. The Morgan fingerprint density at radius 1 is 1.15 bits per heavy atom. The lowest BCUT2D eigenvalue weighted by Crippen LogP contribution is -2.32. The van der Waals surface area contributed by atoms with E-state index in [1.807, 2.05) is 6.07 Å². The van der Waals surface area contributed by atoms with Crippen LogP contribution in [0.25, 0.3) is 0 Å². The van der Waals surface area contributed by atoms with Crippen molar-refractivity contribution in [2.24, 2.45) is 0 Å². The molecule has 0 aromatic heterocycles. The van der Waals surface area contributed by atoms with Gasteiger partial charge in [-0.05, 0) is 50.1 Å². The van der Waals surface area contributed by atoms with E-state index in [9.17, 15) is 17.6 Å². The van der Waals surface area contributed by atoms with Crippen LogP contribution in [0.4, 0.5) is 14.9 Å². The van der Waals surface area contributed by atoms with E-state index in [1.54, 1.807) is 38.1 Å². The van der Waals surface area contributed by atoms with E-state index < -0.39 is 21.1 Å². The van der Waals surface area contributed by atoms with Gasteiger partial charge in [-0.2, -0.15) is 0 Å². The number of urea groups is 1. The van der Waals surface area contributed by atoms with Crippen LogP contribution in [0.5, 0.6) is 0 Å². The van der Waals surface area contributed by atoms with Crippen molar-refractivity contribution < 1.29 is 17.6 Å². The molecule has 1 fully saturated rings. The maximum absolute atomic E-state index is 13.3. The van der Waals surface area contributed by atoms with Crippen LogP contribution in [0.1, 0.15) is 31.7 Å². The van der Waals surface area contributed by atoms with Gasteiger partial charge in [-0.15, -0.1) is 0 Å². The molecule has 7 heteroatoms. The molecule has 0 spiro atoms. The van der Waals surface area contributed by atoms with Crippen LogP contribution < -0.4 is 10.6 Å². The van der Waals surface area contributed by atoms with E-state index in [-0.39, 0.29) is 28.4 Å². The molecule has 1 saturated carbocycles. The highest BCUT2D eigenvalue weighted by molar-refractivity contribution is 7.92. The number of carbonyl (C=O) groups is 1. The van der Waals surface area contributed by atoms with Gasteiger partial charge in [0.1, 0.15) is 5.82 Å². The Morgan fingerprint density at radius 2 is 1.88 bits per heavy atom. The van der Waals surface area contributed by atoms with Crippen molar-refractivity contribution in [2.75, 3.05) is 5.32 Å². The predicted molar refractivity (Wildman–Crippen MR) is 98.5 cm³/mol. The number of amides is 2. The molecular weight excluding hydrogens is 355 g/mol. The van der Waals surface area contributed by atoms with Crippen LogP contribution in [0.15, 0.2) is 53.4 Å². The Labute approximate surface area is 152 Å². The maximum Gasteiger partial charge on any atom is 0.319 e. The van der Waals surface area contributed by atoms with Gasteiger partial charge >= 0.3 is 6.03 Å². The van der Waals surface area contributed by atoms with E-state index in [0.717, 1.165) is 12.0 Å². The molecule has 0 heterocycles. The van der Waals surface area contributed by atoms with E-state index in [2.05, 4.69) is 10.6 Å². The first-order valence-corrected chi connectivity index (χ1v) is 9.99. The highest BCUT2D eigenvalue weighted by Crippen LogP contribution is 2.41. The number of nitrogens with one attached hydrogen (secondary N) is 2. The van der Waals surface area contributed by atoms with Crippen LogP contribution in [-0.2, 0) is 9.84 Å². The van der Waals surface area contributed by atoms with E-state index in [1.165, 1.54) is 18.2 Å². The van der Waals surface area contributed by atoms with Crippen LogP contribution in [0, 0.1) is 5.82 Å². The van der Waals surface area contributed by atoms with E-state index in [4.69, 9.17) is 0 Å². The number of carbonyl (C=O) groups excluding carboxylic acids is 1. The maximum atomic E-state index is 13.3. The SMILES string of the molecule is CC(C)S(=O)(=O)c1ccccc1NC(=O)N[C@@H]1C[C@H]1c1cccc(F)c1. The second-order valence-electron chi connectivity index (χ2n) is 6.69. The van der Waals surface area contributed by atoms with Gasteiger partial charge < -0.3 is 10.6 Å². The summed E-state index contributed by atoms with van der Waals surface area (Å²) < 4.78 is 38.2. The van der Waals surface area contributed by atoms with Crippen molar-refractivity contribution >= 4 is 21.6 Å². The van der Waals surface area contributed by atoms with Crippen molar-refractivity contribution in [1.82, 2.24) is 5.32 Å². The first-order chi connectivity index (χ1) is 12.3. The lowest BCUT2D eigenvalue weighted by molar-refractivity contribution is 0.251. The molecule has 0 aliphatic heterocycles. The van der Waals surface area contributed by atoms with Crippen LogP contribution >= 0.6 is 0 Å². The van der Waals surface area contributed by atoms with Crippen molar-refractivity contribution in [3.8, 4) is 0 Å². The third-order valence-electron chi connectivity index (χ3n) is 4.45. The van der Waals surface area contributed by atoms with Gasteiger partial charge in [-0.1, -0.05) is 24.3 Å². The number of sulfone groups is 1. The summed E-state index contributed by atoms with van der Waals surface area (Å²) in [5, 5.41) is 4.85. The fourth-order valence-corrected chi connectivity index (χ4v) is 4.06. The molecule has 3 rings (SSSR count). The first kappa shape index (κ1) is 18.4. The van der Waals surface area contributed by atoms with Gasteiger partial charge in [-0.25, -0.2) is 17.6 Å². The number of halogens is 1. The minimum absolute atomic E-state index is 0.0751. The molecule has 5 nitrogen and oxygen atoms in total. The van der Waals surface area contributed by atoms with Crippen LogP contribution in [0.3, 0.4) is 0 Å². The lowest BCUT2D eigenvalue weighted by atomic mass is 10.1. The number of anilines is 1. The van der Waals surface area contributed by atoms with Gasteiger partial charge in [0.25, 0.3) is 0 Å². The molecular formula is C19H21FN2O3S. The molecule has 0 saturated heterocycles. The summed E-state index contributed by atoms with van der Waals surface area (Å²) in [6, 6.07) is 12.1. The monoisotopic (exact) mass is 376 g/mol. The molecule has 2 amide bonds. The zero-order valence-electron chi connectivity index (χ0n) is 14.6. The molecule has 0 radical (unpaired) electrons. The average molecular weight is 376 g/mol. The third kappa shape index (κ3) is 3.88. The van der Waals surface area contributed by atoms with Gasteiger partial charge in [0.15, 0.2) is 9.84 Å². The average Bonchev–Trinajstić information content (AvgIpc) is 3.34. The summed E-state index contributed by atoms with van der Waals surface area (Å²) in [7, 11) is -3.51. The molecule has 0 bridgehead atoms. The molecule has 0 unspecified atom stereocenters. The minimum atomic E-state index is -3.51. The topological polar surface area (TPSA) is 75.3 Å². The largest absolute Gasteiger partial charge is 0.334 e. The summed E-state index contributed by atoms with van der Waals surface area (Å²) in [6.45, 7) is 3.19. The summed E-state index contributed by atoms with van der Waals surface area (Å²) in [5.41, 5.74) is 1.10. The molecule has 2 aromatic rings. The second kappa shape index (κ2) is 7.07. The molecule has 138 valence electrons. The van der Waals surface area contributed by atoms with E-state index in [0.29, 0.717) is 0 Å². The van der Waals surface area contributed by atoms with Gasteiger partial charge in [0.05, 0.1) is 15.8 Å². The Morgan fingerprint density at radius 3 is 2.58 bits per heavy atom. The van der Waals surface area contributed by atoms with Crippen LogP contribution in [-0.4, -0.2) is 25.7 Å². The van der Waals surface area contributed by atoms with Crippen molar-refractivity contribution in [1.29, 1.82) is 0 Å². The number of rotatable bonds is 5. The Hall–Kier alpha value is -2.41. The van der Waals surface area contributed by atoms with Crippen LogP contribution in [0.2, 0.25) is 0 Å². The summed E-state index contributed by atoms with van der Waals surface area (Å²) in [4.78, 5) is 12.4. The van der Waals surface area contributed by atoms with E-state index >= 15 is 0 Å². The second-order valence-corrected chi connectivity index (χ2v) is 9.16. The molecule has 1 aliphatic rings. The highest BCUT2D eigenvalue weighted by atomic mass is 32.2. The Kier molecular flexibility index (Phi) is 5.00. The predicted octanol–water partition coefficient (Wildman–Crippen LogP) is 3.69. The summed E-state index contributed by atoms with van der Waals surface area (Å²) in [5.74, 6) is -0.225. The highest BCUT2D eigenvalue weighted by Gasteiger charge is 2.39. The summed E-state index contributed by atoms with van der Waals surface area (Å²) in [6.07, 6.45) is 0.725. The molecule has 2 atom stereocenters. The number of benzene rings is 2. The minimum Gasteiger partial charge on any atom is -0.334 e. The quantitative estimate of drug-likeness (QED) is 0.836. The van der Waals surface area contributed by atoms with Gasteiger partial charge in [-0.3, -0.25) is 0 Å². The molecule has 26 heavy (non-hydrogen) atoms. The Balaban J connectivity index is 1.67. The fraction of sp³-hybridized carbons (Fsp3) is 0.316. The number of hydrogen-bond acceptors (Lipinski definition) is 3. The normalized spacial score (nSPS) is 19.2. The van der Waals surface area contributed by atoms with Crippen molar-refractivity contribution in [2.45, 2.75) is 42.4 Å². The lowest BCUT2D eigenvalue weighted by Gasteiger charge is -2.14. The van der Waals surface area contributed by atoms with Gasteiger partial charge in [0, 0.05) is 12.0 Å². The van der Waals surface area contributed by atoms with Crippen molar-refractivity contribution in [3.63, 3.8) is 0 Å². The standard InChI is InChI=1S/C19H21FN2O3S/c1-12(2)26(24,25)18-9-4-3-8-16(18)21-19(23)22-17-11-15(17)13-6-5-7-14(20)10-13/h3-10,12,15,17H,11H2,1-2H3,(H2,21,22,23)/t15-,17+/m0/s1. The third-order valence-corrected chi connectivity index (χ3v) is 6.66. The zero-order chi connectivity index (χ0) is 18.9.